The molecule has 4 nitrogen and oxygen atoms in total. The van der Waals surface area contributed by atoms with Gasteiger partial charge in [0, 0.05) is 18.8 Å². The van der Waals surface area contributed by atoms with Crippen molar-refractivity contribution in [3.8, 4) is 5.75 Å². The molecule has 1 N–H and O–H groups in total. The lowest BCUT2D eigenvalue weighted by Gasteiger charge is -2.11. The second-order valence-corrected chi connectivity index (χ2v) is 4.37. The normalized spacial score (nSPS) is 11.4. The van der Waals surface area contributed by atoms with Crippen molar-refractivity contribution in [3.63, 3.8) is 0 Å². The van der Waals surface area contributed by atoms with Crippen LogP contribution in [0.25, 0.3) is 0 Å². The summed E-state index contributed by atoms with van der Waals surface area (Å²) in [5, 5.41) is 3.43. The van der Waals surface area contributed by atoms with Crippen molar-refractivity contribution in [2.24, 2.45) is 7.05 Å². The number of hydrogen-bond donors (Lipinski definition) is 1. The number of benzene rings is 1. The SMILES string of the molecule is Cn1c(Cl)cnc1CNc1cccc(OC(F)(F)F)c1. The van der Waals surface area contributed by atoms with E-state index in [0.29, 0.717) is 23.2 Å². The molecule has 2 rings (SSSR count). The van der Waals surface area contributed by atoms with Crippen LogP contribution in [0.5, 0.6) is 5.75 Å². The average Bonchev–Trinajstić information content (AvgIpc) is 2.66. The highest BCUT2D eigenvalue weighted by Crippen LogP contribution is 2.25. The minimum Gasteiger partial charge on any atom is -0.406 e. The third-order valence-corrected chi connectivity index (χ3v) is 2.90. The predicted molar refractivity (Wildman–Crippen MR) is 68.7 cm³/mol. The van der Waals surface area contributed by atoms with Gasteiger partial charge in [-0.1, -0.05) is 17.7 Å². The fourth-order valence-corrected chi connectivity index (χ4v) is 1.72. The number of alkyl halides is 3. The molecule has 20 heavy (non-hydrogen) atoms. The van der Waals surface area contributed by atoms with Crippen molar-refractivity contribution in [1.82, 2.24) is 9.55 Å². The van der Waals surface area contributed by atoms with Crippen LogP contribution in [-0.2, 0) is 13.6 Å². The third-order valence-electron chi connectivity index (χ3n) is 2.55. The van der Waals surface area contributed by atoms with Gasteiger partial charge in [-0.3, -0.25) is 0 Å². The quantitative estimate of drug-likeness (QED) is 0.938. The van der Waals surface area contributed by atoms with Gasteiger partial charge < -0.3 is 14.6 Å². The van der Waals surface area contributed by atoms with Crippen molar-refractivity contribution < 1.29 is 17.9 Å². The minimum absolute atomic E-state index is 0.277. The van der Waals surface area contributed by atoms with Gasteiger partial charge in [-0.05, 0) is 12.1 Å². The van der Waals surface area contributed by atoms with Crippen LogP contribution in [0, 0.1) is 0 Å². The van der Waals surface area contributed by atoms with Gasteiger partial charge in [0.2, 0.25) is 0 Å². The first-order valence-electron chi connectivity index (χ1n) is 5.61. The Morgan fingerprint density at radius 3 is 2.75 bits per heavy atom. The van der Waals surface area contributed by atoms with Crippen molar-refractivity contribution in [2.45, 2.75) is 12.9 Å². The number of nitrogens with one attached hydrogen (secondary N) is 1. The fourth-order valence-electron chi connectivity index (χ4n) is 1.57. The van der Waals surface area contributed by atoms with Crippen LogP contribution in [-0.4, -0.2) is 15.9 Å². The van der Waals surface area contributed by atoms with E-state index in [9.17, 15) is 13.2 Å². The summed E-state index contributed by atoms with van der Waals surface area (Å²) in [5.74, 6) is 0.387. The van der Waals surface area contributed by atoms with Crippen LogP contribution >= 0.6 is 11.6 Å². The molecule has 0 fully saturated rings. The zero-order valence-corrected chi connectivity index (χ0v) is 11.2. The van der Waals surface area contributed by atoms with Crippen LogP contribution in [0.2, 0.25) is 5.15 Å². The van der Waals surface area contributed by atoms with Crippen molar-refractivity contribution in [1.29, 1.82) is 0 Å². The molecule has 0 unspecified atom stereocenters. The second kappa shape index (κ2) is 5.62. The lowest BCUT2D eigenvalue weighted by Crippen LogP contribution is -2.17. The van der Waals surface area contributed by atoms with Crippen LogP contribution in [0.3, 0.4) is 0 Å². The maximum atomic E-state index is 12.1. The molecular weight excluding hydrogens is 295 g/mol. The molecule has 0 aliphatic heterocycles. The van der Waals surface area contributed by atoms with Gasteiger partial charge in [-0.15, -0.1) is 13.2 Å². The number of aromatic nitrogens is 2. The number of hydrogen-bond acceptors (Lipinski definition) is 3. The molecule has 1 heterocycles. The first kappa shape index (κ1) is 14.5. The molecule has 0 saturated heterocycles. The largest absolute Gasteiger partial charge is 0.573 e. The van der Waals surface area contributed by atoms with E-state index in [1.54, 1.807) is 17.7 Å². The van der Waals surface area contributed by atoms with Gasteiger partial charge in [0.25, 0.3) is 0 Å². The summed E-state index contributed by atoms with van der Waals surface area (Å²) in [4.78, 5) is 4.07. The average molecular weight is 306 g/mol. The zero-order chi connectivity index (χ0) is 14.8. The molecule has 0 amide bonds. The van der Waals surface area contributed by atoms with E-state index in [4.69, 9.17) is 11.6 Å². The first-order valence-corrected chi connectivity index (χ1v) is 5.99. The maximum absolute atomic E-state index is 12.1. The molecule has 8 heteroatoms. The highest BCUT2D eigenvalue weighted by molar-refractivity contribution is 6.29. The summed E-state index contributed by atoms with van der Waals surface area (Å²) < 4.78 is 41.8. The van der Waals surface area contributed by atoms with Crippen LogP contribution in [0.1, 0.15) is 5.82 Å². The second-order valence-electron chi connectivity index (χ2n) is 3.99. The predicted octanol–water partition coefficient (Wildman–Crippen LogP) is 3.58. The topological polar surface area (TPSA) is 39.1 Å². The molecule has 1 aromatic heterocycles. The summed E-state index contributed by atoms with van der Waals surface area (Å²) >= 11 is 5.84. The Hall–Kier alpha value is -1.89. The molecular formula is C12H11ClF3N3O. The molecule has 0 saturated carbocycles. The van der Waals surface area contributed by atoms with Gasteiger partial charge in [0.05, 0.1) is 12.7 Å². The number of halogens is 4. The number of rotatable bonds is 4. The maximum Gasteiger partial charge on any atom is 0.573 e. The molecule has 0 bridgehead atoms. The highest BCUT2D eigenvalue weighted by atomic mass is 35.5. The Bertz CT molecular complexity index is 598. The summed E-state index contributed by atoms with van der Waals surface area (Å²) in [5.41, 5.74) is 0.492. The zero-order valence-electron chi connectivity index (χ0n) is 10.4. The standard InChI is InChI=1S/C12H11ClF3N3O/c1-19-10(13)6-18-11(19)7-17-8-3-2-4-9(5-8)20-12(14,15)16/h2-6,17H,7H2,1H3. The van der Waals surface area contributed by atoms with Crippen molar-refractivity contribution in [2.75, 3.05) is 5.32 Å². The van der Waals surface area contributed by atoms with Gasteiger partial charge in [-0.2, -0.15) is 0 Å². The summed E-state index contributed by atoms with van der Waals surface area (Å²) in [6, 6.07) is 5.59. The lowest BCUT2D eigenvalue weighted by molar-refractivity contribution is -0.274. The summed E-state index contributed by atoms with van der Waals surface area (Å²) in [6.07, 6.45) is -3.20. The van der Waals surface area contributed by atoms with Gasteiger partial charge in [-0.25, -0.2) is 4.98 Å². The first-order chi connectivity index (χ1) is 9.35. The molecule has 0 atom stereocenters. The van der Waals surface area contributed by atoms with E-state index in [0.717, 1.165) is 0 Å². The van der Waals surface area contributed by atoms with Gasteiger partial charge in [0.15, 0.2) is 0 Å². The number of nitrogens with zero attached hydrogens (tertiary/aromatic N) is 2. The van der Waals surface area contributed by atoms with E-state index in [1.165, 1.54) is 24.4 Å². The Morgan fingerprint density at radius 2 is 2.15 bits per heavy atom. The Labute approximate surface area is 118 Å². The third kappa shape index (κ3) is 3.80. The highest BCUT2D eigenvalue weighted by Gasteiger charge is 2.31. The van der Waals surface area contributed by atoms with E-state index in [-0.39, 0.29) is 5.75 Å². The van der Waals surface area contributed by atoms with Crippen LogP contribution in [0.15, 0.2) is 30.5 Å². The van der Waals surface area contributed by atoms with Crippen molar-refractivity contribution >= 4 is 17.3 Å². The molecule has 0 aliphatic rings. The van der Waals surface area contributed by atoms with E-state index in [1.807, 2.05) is 0 Å². The minimum atomic E-state index is -4.70. The molecule has 1 aromatic carbocycles. The Morgan fingerprint density at radius 1 is 1.40 bits per heavy atom. The number of anilines is 1. The van der Waals surface area contributed by atoms with Crippen molar-refractivity contribution in [3.05, 3.63) is 41.4 Å². The molecule has 2 aromatic rings. The number of imidazole rings is 1. The van der Waals surface area contributed by atoms with E-state index < -0.39 is 6.36 Å². The lowest BCUT2D eigenvalue weighted by atomic mass is 10.3. The van der Waals surface area contributed by atoms with Gasteiger partial charge in [0.1, 0.15) is 16.7 Å². The van der Waals surface area contributed by atoms with Crippen LogP contribution in [0.4, 0.5) is 18.9 Å². The Balaban J connectivity index is 2.03. The smallest absolute Gasteiger partial charge is 0.406 e. The summed E-state index contributed by atoms with van der Waals surface area (Å²) in [7, 11) is 1.75. The van der Waals surface area contributed by atoms with Gasteiger partial charge >= 0.3 is 6.36 Å². The van der Waals surface area contributed by atoms with Crippen LogP contribution < -0.4 is 10.1 Å². The molecule has 0 aliphatic carbocycles. The molecule has 0 radical (unpaired) electrons. The monoisotopic (exact) mass is 305 g/mol. The molecule has 108 valence electrons. The van der Waals surface area contributed by atoms with E-state index in [2.05, 4.69) is 15.0 Å². The summed E-state index contributed by atoms with van der Waals surface area (Å²) in [6.45, 7) is 0.332. The van der Waals surface area contributed by atoms with E-state index >= 15 is 0 Å². The Kier molecular flexibility index (Phi) is 4.08. The number of ether oxygens (including phenoxy) is 1. The fraction of sp³-hybridized carbons (Fsp3) is 0.250. The molecule has 0 spiro atoms.